The van der Waals surface area contributed by atoms with Crippen LogP contribution < -0.4 is 10.4 Å². The molecule has 4 heteroatoms. The van der Waals surface area contributed by atoms with E-state index in [1.54, 1.807) is 42.4 Å². The summed E-state index contributed by atoms with van der Waals surface area (Å²) in [6.07, 6.45) is 3.16. The van der Waals surface area contributed by atoms with Crippen molar-refractivity contribution in [1.29, 1.82) is 5.26 Å². The van der Waals surface area contributed by atoms with Crippen LogP contribution in [-0.4, -0.2) is 13.0 Å². The van der Waals surface area contributed by atoms with Crippen molar-refractivity contribution in [2.75, 3.05) is 12.1 Å². The van der Waals surface area contributed by atoms with Gasteiger partial charge in [0.05, 0.1) is 17.3 Å². The van der Waals surface area contributed by atoms with E-state index in [0.29, 0.717) is 5.56 Å². The third-order valence-corrected chi connectivity index (χ3v) is 2.89. The summed E-state index contributed by atoms with van der Waals surface area (Å²) in [6, 6.07) is 18.6. The van der Waals surface area contributed by atoms with Gasteiger partial charge in [0.2, 0.25) is 0 Å². The molecule has 0 saturated heterocycles. The van der Waals surface area contributed by atoms with Crippen LogP contribution in [0.25, 0.3) is 6.08 Å². The van der Waals surface area contributed by atoms with Crippen LogP contribution in [0, 0.1) is 11.3 Å². The molecule has 2 aromatic rings. The van der Waals surface area contributed by atoms with Crippen LogP contribution in [0.1, 0.15) is 11.1 Å². The van der Waals surface area contributed by atoms with Gasteiger partial charge in [-0.05, 0) is 35.9 Å². The topological polar surface area (TPSA) is 56.1 Å². The number of para-hydroxylation sites is 1. The monoisotopic (exact) mass is 277 g/mol. The fourth-order valence-corrected chi connectivity index (χ4v) is 1.76. The smallest absolute Gasteiger partial charge is 0.262 e. The number of anilines is 1. The van der Waals surface area contributed by atoms with Crippen molar-refractivity contribution < 1.29 is 4.79 Å². The van der Waals surface area contributed by atoms with E-state index < -0.39 is 0 Å². The number of nitrogens with one attached hydrogen (secondary N) is 1. The highest BCUT2D eigenvalue weighted by Crippen LogP contribution is 2.08. The summed E-state index contributed by atoms with van der Waals surface area (Å²) in [7, 11) is 1.78. The van der Waals surface area contributed by atoms with Crippen LogP contribution in [0.4, 0.5) is 5.69 Å². The number of rotatable bonds is 4. The summed E-state index contributed by atoms with van der Waals surface area (Å²) in [5.74, 6) is -0.217. The molecule has 2 rings (SSSR count). The number of benzene rings is 2. The molecular weight excluding hydrogens is 262 g/mol. The minimum Gasteiger partial charge on any atom is -0.288 e. The summed E-state index contributed by atoms with van der Waals surface area (Å²) >= 11 is 0. The molecule has 0 bridgehead atoms. The van der Waals surface area contributed by atoms with E-state index in [-0.39, 0.29) is 5.91 Å². The predicted octanol–water partition coefficient (Wildman–Crippen LogP) is 2.74. The van der Waals surface area contributed by atoms with Gasteiger partial charge in [0.25, 0.3) is 5.91 Å². The largest absolute Gasteiger partial charge is 0.288 e. The highest BCUT2D eigenvalue weighted by molar-refractivity contribution is 5.92. The standard InChI is InChI=1S/C17H15N3O/c1-20(16-5-3-2-4-6-16)19-17(21)12-11-14-7-9-15(13-18)10-8-14/h2-12H,1H3,(H,19,21). The van der Waals surface area contributed by atoms with Crippen LogP contribution in [0.15, 0.2) is 60.7 Å². The molecule has 21 heavy (non-hydrogen) atoms. The zero-order chi connectivity index (χ0) is 15.1. The number of carbonyl (C=O) groups is 1. The Morgan fingerprint density at radius 2 is 1.81 bits per heavy atom. The van der Waals surface area contributed by atoms with Crippen LogP contribution in [0.2, 0.25) is 0 Å². The van der Waals surface area contributed by atoms with Crippen molar-refractivity contribution >= 4 is 17.7 Å². The van der Waals surface area contributed by atoms with Gasteiger partial charge in [-0.15, -0.1) is 0 Å². The van der Waals surface area contributed by atoms with E-state index in [2.05, 4.69) is 11.5 Å². The van der Waals surface area contributed by atoms with Gasteiger partial charge in [-0.3, -0.25) is 15.2 Å². The summed E-state index contributed by atoms with van der Waals surface area (Å²) < 4.78 is 0. The molecule has 0 fully saturated rings. The molecule has 0 atom stereocenters. The van der Waals surface area contributed by atoms with Gasteiger partial charge >= 0.3 is 0 Å². The highest BCUT2D eigenvalue weighted by Gasteiger charge is 2.02. The first-order chi connectivity index (χ1) is 10.2. The van der Waals surface area contributed by atoms with E-state index in [9.17, 15) is 4.79 Å². The molecule has 0 heterocycles. The van der Waals surface area contributed by atoms with Crippen LogP contribution >= 0.6 is 0 Å². The molecule has 2 aromatic carbocycles. The maximum Gasteiger partial charge on any atom is 0.262 e. The van der Waals surface area contributed by atoms with E-state index in [1.807, 2.05) is 30.3 Å². The molecule has 1 amide bonds. The molecule has 104 valence electrons. The molecule has 0 unspecified atom stereocenters. The third-order valence-electron chi connectivity index (χ3n) is 2.89. The Morgan fingerprint density at radius 1 is 1.14 bits per heavy atom. The van der Waals surface area contributed by atoms with Crippen molar-refractivity contribution in [1.82, 2.24) is 5.43 Å². The number of amides is 1. The van der Waals surface area contributed by atoms with Gasteiger partial charge in [-0.2, -0.15) is 5.26 Å². The number of hydrazine groups is 1. The lowest BCUT2D eigenvalue weighted by Gasteiger charge is -2.18. The predicted molar refractivity (Wildman–Crippen MR) is 83.2 cm³/mol. The molecule has 0 spiro atoms. The summed E-state index contributed by atoms with van der Waals surface area (Å²) in [5, 5.41) is 10.4. The Hall–Kier alpha value is -3.06. The average Bonchev–Trinajstić information content (AvgIpc) is 2.54. The molecule has 0 aromatic heterocycles. The lowest BCUT2D eigenvalue weighted by Crippen LogP contribution is -2.38. The fraction of sp³-hybridized carbons (Fsp3) is 0.0588. The summed E-state index contributed by atoms with van der Waals surface area (Å²) in [5.41, 5.74) is 5.11. The SMILES string of the molecule is CN(NC(=O)C=Cc1ccc(C#N)cc1)c1ccccc1. The Labute approximate surface area is 123 Å². The first-order valence-electron chi connectivity index (χ1n) is 6.46. The lowest BCUT2D eigenvalue weighted by molar-refractivity contribution is -0.116. The Morgan fingerprint density at radius 3 is 2.43 bits per heavy atom. The number of nitrogens with zero attached hydrogens (tertiary/aromatic N) is 2. The van der Waals surface area contributed by atoms with E-state index in [0.717, 1.165) is 11.3 Å². The van der Waals surface area contributed by atoms with Crippen molar-refractivity contribution in [2.24, 2.45) is 0 Å². The first kappa shape index (κ1) is 14.4. The minimum absolute atomic E-state index is 0.217. The molecular formula is C17H15N3O. The van der Waals surface area contributed by atoms with Crippen molar-refractivity contribution in [3.63, 3.8) is 0 Å². The van der Waals surface area contributed by atoms with Crippen LogP contribution in [0.3, 0.4) is 0 Å². The molecule has 0 saturated carbocycles. The lowest BCUT2D eigenvalue weighted by atomic mass is 10.1. The quantitative estimate of drug-likeness (QED) is 0.690. The average molecular weight is 277 g/mol. The molecule has 1 N–H and O–H groups in total. The second-order valence-corrected chi connectivity index (χ2v) is 4.44. The normalized spacial score (nSPS) is 10.1. The van der Waals surface area contributed by atoms with Gasteiger partial charge in [0.1, 0.15) is 0 Å². The van der Waals surface area contributed by atoms with Gasteiger partial charge in [-0.25, -0.2) is 0 Å². The van der Waals surface area contributed by atoms with Gasteiger partial charge in [0, 0.05) is 13.1 Å². The molecule has 4 nitrogen and oxygen atoms in total. The number of carbonyl (C=O) groups excluding carboxylic acids is 1. The summed E-state index contributed by atoms with van der Waals surface area (Å²) in [6.45, 7) is 0. The van der Waals surface area contributed by atoms with Gasteiger partial charge < -0.3 is 0 Å². The fourth-order valence-electron chi connectivity index (χ4n) is 1.76. The van der Waals surface area contributed by atoms with Crippen LogP contribution in [0.5, 0.6) is 0 Å². The maximum atomic E-state index is 11.8. The third kappa shape index (κ3) is 4.22. The van der Waals surface area contributed by atoms with E-state index in [4.69, 9.17) is 5.26 Å². The Bertz CT molecular complexity index is 669. The zero-order valence-electron chi connectivity index (χ0n) is 11.7. The Balaban J connectivity index is 1.95. The first-order valence-corrected chi connectivity index (χ1v) is 6.46. The highest BCUT2D eigenvalue weighted by atomic mass is 16.2. The summed E-state index contributed by atoms with van der Waals surface area (Å²) in [4.78, 5) is 11.8. The molecule has 0 aliphatic rings. The van der Waals surface area contributed by atoms with Crippen LogP contribution in [-0.2, 0) is 4.79 Å². The van der Waals surface area contributed by atoms with Crippen molar-refractivity contribution in [2.45, 2.75) is 0 Å². The zero-order valence-corrected chi connectivity index (χ0v) is 11.7. The van der Waals surface area contributed by atoms with E-state index >= 15 is 0 Å². The second-order valence-electron chi connectivity index (χ2n) is 4.44. The number of hydrogen-bond acceptors (Lipinski definition) is 3. The number of hydrogen-bond donors (Lipinski definition) is 1. The number of nitriles is 1. The van der Waals surface area contributed by atoms with Crippen molar-refractivity contribution in [3.8, 4) is 6.07 Å². The Kier molecular flexibility index (Phi) is 4.73. The molecule has 0 aliphatic carbocycles. The van der Waals surface area contributed by atoms with E-state index in [1.165, 1.54) is 6.08 Å². The molecule has 0 aliphatic heterocycles. The van der Waals surface area contributed by atoms with Gasteiger partial charge in [0.15, 0.2) is 0 Å². The minimum atomic E-state index is -0.217. The second kappa shape index (κ2) is 6.92. The van der Waals surface area contributed by atoms with Crippen molar-refractivity contribution in [3.05, 3.63) is 71.8 Å². The maximum absolute atomic E-state index is 11.8. The van der Waals surface area contributed by atoms with Gasteiger partial charge in [-0.1, -0.05) is 30.3 Å². The molecule has 0 radical (unpaired) electrons.